The standard InChI is InChI=1S/C59H38N2S/c1-3-15-39(16-4-1)40-27-30-43(31-28-40)60(42-18-5-2-6-19-42)44-32-34-45(35-33-44)61-54-38-29-41-17-7-8-20-46(41)56(54)49-36-37-53-58(57(49)61)62-55-26-14-13-25-52(55)59(53)50-23-11-9-21-47(50)48-22-10-12-24-51(48)59/h1-38H. The summed E-state index contributed by atoms with van der Waals surface area (Å²) in [5, 5.41) is 5.07. The zero-order chi connectivity index (χ0) is 40.8. The summed E-state index contributed by atoms with van der Waals surface area (Å²) in [6.45, 7) is 0. The van der Waals surface area contributed by atoms with Gasteiger partial charge < -0.3 is 9.47 Å². The van der Waals surface area contributed by atoms with E-state index in [2.05, 4.69) is 240 Å². The predicted octanol–water partition coefficient (Wildman–Crippen LogP) is 15.9. The van der Waals surface area contributed by atoms with Crippen LogP contribution in [0.3, 0.4) is 0 Å². The van der Waals surface area contributed by atoms with Gasteiger partial charge in [-0.3, -0.25) is 0 Å². The molecule has 11 aromatic rings. The molecule has 1 aromatic heterocycles. The van der Waals surface area contributed by atoms with E-state index in [1.807, 2.05) is 11.8 Å². The van der Waals surface area contributed by atoms with Gasteiger partial charge in [0.15, 0.2) is 0 Å². The van der Waals surface area contributed by atoms with Crippen molar-refractivity contribution in [3.8, 4) is 27.9 Å². The molecule has 62 heavy (non-hydrogen) atoms. The smallest absolute Gasteiger partial charge is 0.0736 e. The minimum Gasteiger partial charge on any atom is -0.311 e. The molecule has 0 atom stereocenters. The number of rotatable bonds is 5. The summed E-state index contributed by atoms with van der Waals surface area (Å²) in [7, 11) is 0. The van der Waals surface area contributed by atoms with Crippen molar-refractivity contribution in [1.82, 2.24) is 4.57 Å². The van der Waals surface area contributed by atoms with Gasteiger partial charge in [-0.25, -0.2) is 0 Å². The molecular weight excluding hydrogens is 769 g/mol. The van der Waals surface area contributed by atoms with Crippen molar-refractivity contribution in [2.24, 2.45) is 0 Å². The van der Waals surface area contributed by atoms with E-state index in [-0.39, 0.29) is 0 Å². The number of hydrogen-bond acceptors (Lipinski definition) is 2. The summed E-state index contributed by atoms with van der Waals surface area (Å²) >= 11 is 1.92. The Labute approximate surface area is 365 Å². The molecule has 1 aliphatic heterocycles. The lowest BCUT2D eigenvalue weighted by Crippen LogP contribution is -2.32. The second kappa shape index (κ2) is 13.7. The van der Waals surface area contributed by atoms with E-state index in [0.29, 0.717) is 0 Å². The van der Waals surface area contributed by atoms with Crippen molar-refractivity contribution in [2.45, 2.75) is 15.2 Å². The molecule has 1 spiro atoms. The van der Waals surface area contributed by atoms with Crippen molar-refractivity contribution < 1.29 is 0 Å². The van der Waals surface area contributed by atoms with Crippen LogP contribution in [0.5, 0.6) is 0 Å². The monoisotopic (exact) mass is 806 g/mol. The Balaban J connectivity index is 1.06. The Kier molecular flexibility index (Phi) is 7.79. The summed E-state index contributed by atoms with van der Waals surface area (Å²) in [6, 6.07) is 85.0. The van der Waals surface area contributed by atoms with E-state index >= 15 is 0 Å². The number of aromatic nitrogens is 1. The van der Waals surface area contributed by atoms with Gasteiger partial charge in [-0.15, -0.1) is 0 Å². The zero-order valence-electron chi connectivity index (χ0n) is 33.7. The summed E-state index contributed by atoms with van der Waals surface area (Å²) in [5.41, 5.74) is 16.9. The van der Waals surface area contributed by atoms with E-state index in [0.717, 1.165) is 22.7 Å². The van der Waals surface area contributed by atoms with Crippen LogP contribution < -0.4 is 4.90 Å². The van der Waals surface area contributed by atoms with Gasteiger partial charge in [0.1, 0.15) is 0 Å². The van der Waals surface area contributed by atoms with Gasteiger partial charge in [-0.2, -0.15) is 0 Å². The van der Waals surface area contributed by atoms with Crippen molar-refractivity contribution in [2.75, 3.05) is 4.90 Å². The first kappa shape index (κ1) is 35.2. The Morgan fingerprint density at radius 2 is 0.952 bits per heavy atom. The van der Waals surface area contributed by atoms with Crippen LogP contribution >= 0.6 is 11.8 Å². The number of anilines is 3. The molecule has 0 amide bonds. The molecule has 0 bridgehead atoms. The van der Waals surface area contributed by atoms with Crippen LogP contribution in [0.1, 0.15) is 22.3 Å². The van der Waals surface area contributed by atoms with Gasteiger partial charge in [0, 0.05) is 43.3 Å². The fourth-order valence-corrected chi connectivity index (χ4v) is 12.0. The second-order valence-electron chi connectivity index (χ2n) is 16.4. The average molecular weight is 807 g/mol. The van der Waals surface area contributed by atoms with Gasteiger partial charge in [0.25, 0.3) is 0 Å². The highest BCUT2D eigenvalue weighted by Crippen LogP contribution is 2.63. The normalized spacial score (nSPS) is 13.2. The number of nitrogens with zero attached hydrogens (tertiary/aromatic N) is 2. The fourth-order valence-electron chi connectivity index (χ4n) is 10.7. The third-order valence-corrected chi connectivity index (χ3v) is 14.4. The highest BCUT2D eigenvalue weighted by atomic mass is 32.2. The van der Waals surface area contributed by atoms with Crippen molar-refractivity contribution in [1.29, 1.82) is 0 Å². The molecule has 2 aliphatic rings. The highest BCUT2D eigenvalue weighted by molar-refractivity contribution is 7.99. The minimum absolute atomic E-state index is 0.460. The van der Waals surface area contributed by atoms with E-state index in [9.17, 15) is 0 Å². The average Bonchev–Trinajstić information content (AvgIpc) is 3.84. The topological polar surface area (TPSA) is 8.17 Å². The molecule has 13 rings (SSSR count). The van der Waals surface area contributed by atoms with Crippen LogP contribution in [-0.2, 0) is 5.41 Å². The molecule has 0 fully saturated rings. The Morgan fingerprint density at radius 1 is 0.387 bits per heavy atom. The zero-order valence-corrected chi connectivity index (χ0v) is 34.6. The first-order chi connectivity index (χ1) is 30.8. The van der Waals surface area contributed by atoms with Gasteiger partial charge in [0.2, 0.25) is 0 Å². The van der Waals surface area contributed by atoms with Gasteiger partial charge in [0.05, 0.1) is 16.4 Å². The molecule has 0 radical (unpaired) electrons. The van der Waals surface area contributed by atoms with Gasteiger partial charge >= 0.3 is 0 Å². The molecule has 3 heteroatoms. The Hall–Kier alpha value is -7.59. The predicted molar refractivity (Wildman–Crippen MR) is 260 cm³/mol. The third-order valence-electron chi connectivity index (χ3n) is 13.2. The molecule has 10 aromatic carbocycles. The highest BCUT2D eigenvalue weighted by Gasteiger charge is 2.50. The molecule has 2 nitrogen and oxygen atoms in total. The van der Waals surface area contributed by atoms with Crippen LogP contribution in [-0.4, -0.2) is 4.57 Å². The van der Waals surface area contributed by atoms with E-state index in [4.69, 9.17) is 0 Å². The van der Waals surface area contributed by atoms with Crippen molar-refractivity contribution in [3.63, 3.8) is 0 Å². The molecule has 290 valence electrons. The molecule has 2 heterocycles. The van der Waals surface area contributed by atoms with Gasteiger partial charge in [-0.05, 0) is 116 Å². The maximum atomic E-state index is 2.54. The third kappa shape index (κ3) is 5.00. The van der Waals surface area contributed by atoms with Crippen molar-refractivity contribution in [3.05, 3.63) is 253 Å². The summed E-state index contributed by atoms with van der Waals surface area (Å²) in [5.74, 6) is 0. The quantitative estimate of drug-likeness (QED) is 0.171. The molecule has 0 unspecified atom stereocenters. The number of para-hydroxylation sites is 1. The summed E-state index contributed by atoms with van der Waals surface area (Å²) in [4.78, 5) is 4.96. The lowest BCUT2D eigenvalue weighted by atomic mass is 9.67. The lowest BCUT2D eigenvalue weighted by molar-refractivity contribution is 0.724. The first-order valence-corrected chi connectivity index (χ1v) is 22.2. The summed E-state index contributed by atoms with van der Waals surface area (Å²) < 4.78 is 2.54. The summed E-state index contributed by atoms with van der Waals surface area (Å²) in [6.07, 6.45) is 0. The molecule has 0 saturated heterocycles. The maximum absolute atomic E-state index is 2.54. The SMILES string of the molecule is c1ccc(-c2ccc(N(c3ccccc3)c3ccc(-n4c5ccc6ccccc6c5c5ccc6c(c54)Sc4ccccc4C64c5ccccc5-c5ccccc54)cc3)cc2)cc1. The molecule has 0 saturated carbocycles. The van der Waals surface area contributed by atoms with Crippen LogP contribution in [0.25, 0.3) is 60.5 Å². The number of hydrogen-bond donors (Lipinski definition) is 0. The van der Waals surface area contributed by atoms with E-state index in [1.165, 1.54) is 86.9 Å². The fraction of sp³-hybridized carbons (Fsp3) is 0.0169. The number of benzene rings is 10. The minimum atomic E-state index is -0.460. The maximum Gasteiger partial charge on any atom is 0.0736 e. The molecular formula is C59H38N2S. The number of fused-ring (bicyclic) bond motifs is 15. The Bertz CT molecular complexity index is 3490. The van der Waals surface area contributed by atoms with Crippen LogP contribution in [0.2, 0.25) is 0 Å². The molecule has 0 N–H and O–H groups in total. The van der Waals surface area contributed by atoms with Crippen LogP contribution in [0.15, 0.2) is 240 Å². The largest absolute Gasteiger partial charge is 0.311 e. The first-order valence-electron chi connectivity index (χ1n) is 21.3. The van der Waals surface area contributed by atoms with Crippen LogP contribution in [0.4, 0.5) is 17.1 Å². The second-order valence-corrected chi connectivity index (χ2v) is 17.4. The Morgan fingerprint density at radius 3 is 1.68 bits per heavy atom. The van der Waals surface area contributed by atoms with Crippen molar-refractivity contribution >= 4 is 61.4 Å². The van der Waals surface area contributed by atoms with Crippen LogP contribution in [0, 0.1) is 0 Å². The lowest BCUT2D eigenvalue weighted by Gasteiger charge is -2.40. The van der Waals surface area contributed by atoms with Gasteiger partial charge in [-0.1, -0.05) is 182 Å². The van der Waals surface area contributed by atoms with E-state index in [1.54, 1.807) is 0 Å². The molecule has 1 aliphatic carbocycles. The van der Waals surface area contributed by atoms with E-state index < -0.39 is 5.41 Å².